The Hall–Kier alpha value is -0.890. The highest BCUT2D eigenvalue weighted by atomic mass is 32.1. The summed E-state index contributed by atoms with van der Waals surface area (Å²) in [5.74, 6) is 0. The Morgan fingerprint density at radius 3 is 3.00 bits per heavy atom. The maximum Gasteiger partial charge on any atom is 0.123 e. The van der Waals surface area contributed by atoms with E-state index in [0.29, 0.717) is 6.42 Å². The second-order valence-electron chi connectivity index (χ2n) is 2.27. The molecule has 0 unspecified atom stereocenters. The van der Waals surface area contributed by atoms with Crippen molar-refractivity contribution < 1.29 is 4.79 Å². The van der Waals surface area contributed by atoms with Crippen molar-refractivity contribution in [2.24, 2.45) is 0 Å². The molecule has 0 aromatic carbocycles. The third kappa shape index (κ3) is 2.31. The average Bonchev–Trinajstić information content (AvgIpc) is 2.37. The molecule has 2 heteroatoms. The first-order valence-corrected chi connectivity index (χ1v) is 4.37. The van der Waals surface area contributed by atoms with Crippen molar-refractivity contribution in [1.29, 1.82) is 0 Å². The molecule has 0 aliphatic rings. The quantitative estimate of drug-likeness (QED) is 0.631. The van der Waals surface area contributed by atoms with Crippen LogP contribution in [0.4, 0.5) is 0 Å². The molecule has 0 bridgehead atoms. The molecule has 0 fully saturated rings. The highest BCUT2D eigenvalue weighted by Crippen LogP contribution is 2.16. The summed E-state index contributed by atoms with van der Waals surface area (Å²) in [4.78, 5) is 11.2. The van der Waals surface area contributed by atoms with E-state index in [4.69, 9.17) is 0 Å². The molecular formula is C9H10OS. The first-order chi connectivity index (χ1) is 5.34. The van der Waals surface area contributed by atoms with Gasteiger partial charge in [-0.2, -0.15) is 0 Å². The van der Waals surface area contributed by atoms with Crippen LogP contribution in [0.1, 0.15) is 16.9 Å². The minimum atomic E-state index is 0.511. The number of aldehydes is 1. The molecule has 11 heavy (non-hydrogen) atoms. The molecule has 1 aromatic rings. The standard InChI is InChI=1S/C9H10OS/c1-8-5-7-11-9(8)4-2-3-6-10/h2,4-7H,3H2,1H3. The van der Waals surface area contributed by atoms with Gasteiger partial charge in [0.25, 0.3) is 0 Å². The molecule has 0 saturated carbocycles. The van der Waals surface area contributed by atoms with E-state index in [1.54, 1.807) is 11.3 Å². The number of aryl methyl sites for hydroxylation is 1. The Morgan fingerprint density at radius 2 is 2.45 bits per heavy atom. The molecule has 0 aliphatic heterocycles. The van der Waals surface area contributed by atoms with Gasteiger partial charge in [0.1, 0.15) is 6.29 Å². The number of carbonyl (C=O) groups excluding carboxylic acids is 1. The Labute approximate surface area is 70.4 Å². The van der Waals surface area contributed by atoms with Crippen LogP contribution in [0.3, 0.4) is 0 Å². The first-order valence-electron chi connectivity index (χ1n) is 3.49. The lowest BCUT2D eigenvalue weighted by atomic mass is 10.2. The number of hydrogen-bond donors (Lipinski definition) is 0. The fourth-order valence-corrected chi connectivity index (χ4v) is 1.63. The zero-order valence-corrected chi connectivity index (χ0v) is 7.23. The molecule has 0 N–H and O–H groups in total. The monoisotopic (exact) mass is 166 g/mol. The highest BCUT2D eigenvalue weighted by Gasteiger charge is 1.92. The molecule has 1 nitrogen and oxygen atoms in total. The second kappa shape index (κ2) is 4.09. The minimum Gasteiger partial charge on any atom is -0.303 e. The van der Waals surface area contributed by atoms with Gasteiger partial charge in [-0.05, 0) is 30.0 Å². The van der Waals surface area contributed by atoms with Gasteiger partial charge >= 0.3 is 0 Å². The van der Waals surface area contributed by atoms with E-state index in [2.05, 4.69) is 18.4 Å². The zero-order chi connectivity index (χ0) is 8.10. The van der Waals surface area contributed by atoms with E-state index in [9.17, 15) is 4.79 Å². The van der Waals surface area contributed by atoms with Crippen LogP contribution in [0.2, 0.25) is 0 Å². The summed E-state index contributed by atoms with van der Waals surface area (Å²) in [5.41, 5.74) is 1.28. The van der Waals surface area contributed by atoms with Crippen LogP contribution in [0.25, 0.3) is 6.08 Å². The Bertz CT molecular complexity index is 260. The summed E-state index contributed by atoms with van der Waals surface area (Å²) in [6, 6.07) is 2.07. The topological polar surface area (TPSA) is 17.1 Å². The number of thiophene rings is 1. The van der Waals surface area contributed by atoms with Gasteiger partial charge < -0.3 is 4.79 Å². The molecule has 58 valence electrons. The summed E-state index contributed by atoms with van der Waals surface area (Å²) in [7, 11) is 0. The SMILES string of the molecule is Cc1ccsc1C=CCC=O. The van der Waals surface area contributed by atoms with Gasteiger partial charge in [-0.25, -0.2) is 0 Å². The van der Waals surface area contributed by atoms with E-state index >= 15 is 0 Å². The lowest BCUT2D eigenvalue weighted by molar-refractivity contribution is -0.107. The van der Waals surface area contributed by atoms with Crippen LogP contribution in [0.5, 0.6) is 0 Å². The van der Waals surface area contributed by atoms with Crippen LogP contribution in [0.15, 0.2) is 17.5 Å². The number of rotatable bonds is 3. The Balaban J connectivity index is 2.63. The Kier molecular flexibility index (Phi) is 3.05. The number of allylic oxidation sites excluding steroid dienone is 1. The van der Waals surface area contributed by atoms with Crippen molar-refractivity contribution in [3.05, 3.63) is 28.0 Å². The molecule has 0 saturated heterocycles. The van der Waals surface area contributed by atoms with E-state index in [1.165, 1.54) is 10.4 Å². The molecule has 1 rings (SSSR count). The van der Waals surface area contributed by atoms with Crippen LogP contribution in [0, 0.1) is 6.92 Å². The molecule has 0 spiro atoms. The van der Waals surface area contributed by atoms with E-state index in [1.807, 2.05) is 12.2 Å². The van der Waals surface area contributed by atoms with Crippen molar-refractivity contribution in [2.75, 3.05) is 0 Å². The van der Waals surface area contributed by atoms with Crippen LogP contribution in [-0.4, -0.2) is 6.29 Å². The predicted molar refractivity (Wildman–Crippen MR) is 48.8 cm³/mol. The first kappa shape index (κ1) is 8.21. The van der Waals surface area contributed by atoms with E-state index < -0.39 is 0 Å². The van der Waals surface area contributed by atoms with Crippen molar-refractivity contribution >= 4 is 23.7 Å². The summed E-state index contributed by atoms with van der Waals surface area (Å²) >= 11 is 1.70. The molecule has 0 radical (unpaired) electrons. The van der Waals surface area contributed by atoms with Crippen LogP contribution in [-0.2, 0) is 4.79 Å². The summed E-state index contributed by atoms with van der Waals surface area (Å²) in [6.07, 6.45) is 5.29. The third-order valence-corrected chi connectivity index (χ3v) is 2.39. The summed E-state index contributed by atoms with van der Waals surface area (Å²) in [6.45, 7) is 2.07. The molecular weight excluding hydrogens is 156 g/mol. The average molecular weight is 166 g/mol. The normalized spacial score (nSPS) is 10.6. The number of carbonyl (C=O) groups is 1. The lowest BCUT2D eigenvalue weighted by Crippen LogP contribution is -1.68. The fourth-order valence-electron chi connectivity index (χ4n) is 0.786. The Morgan fingerprint density at radius 1 is 1.64 bits per heavy atom. The molecule has 0 amide bonds. The van der Waals surface area contributed by atoms with Crippen molar-refractivity contribution in [3.63, 3.8) is 0 Å². The van der Waals surface area contributed by atoms with Crippen molar-refractivity contribution in [3.8, 4) is 0 Å². The van der Waals surface area contributed by atoms with Gasteiger partial charge in [0, 0.05) is 11.3 Å². The highest BCUT2D eigenvalue weighted by molar-refractivity contribution is 7.11. The predicted octanol–water partition coefficient (Wildman–Crippen LogP) is 2.66. The van der Waals surface area contributed by atoms with Gasteiger partial charge in [0.05, 0.1) is 0 Å². The summed E-state index contributed by atoms with van der Waals surface area (Å²) < 4.78 is 0. The van der Waals surface area contributed by atoms with E-state index in [-0.39, 0.29) is 0 Å². The van der Waals surface area contributed by atoms with Crippen molar-refractivity contribution in [1.82, 2.24) is 0 Å². The smallest absolute Gasteiger partial charge is 0.123 e. The minimum absolute atomic E-state index is 0.511. The fraction of sp³-hybridized carbons (Fsp3) is 0.222. The molecule has 1 aromatic heterocycles. The van der Waals surface area contributed by atoms with Gasteiger partial charge in [-0.1, -0.05) is 6.08 Å². The number of hydrogen-bond acceptors (Lipinski definition) is 2. The summed E-state index contributed by atoms with van der Waals surface area (Å²) in [5, 5.41) is 2.05. The van der Waals surface area contributed by atoms with Crippen LogP contribution < -0.4 is 0 Å². The second-order valence-corrected chi connectivity index (χ2v) is 3.22. The zero-order valence-electron chi connectivity index (χ0n) is 6.41. The molecule has 0 atom stereocenters. The largest absolute Gasteiger partial charge is 0.303 e. The molecule has 1 heterocycles. The maximum atomic E-state index is 9.97. The maximum absolute atomic E-state index is 9.97. The lowest BCUT2D eigenvalue weighted by Gasteiger charge is -1.86. The van der Waals surface area contributed by atoms with Crippen molar-refractivity contribution in [2.45, 2.75) is 13.3 Å². The van der Waals surface area contributed by atoms with E-state index in [0.717, 1.165) is 6.29 Å². The van der Waals surface area contributed by atoms with Gasteiger partial charge in [-0.3, -0.25) is 0 Å². The van der Waals surface area contributed by atoms with Crippen LogP contribution >= 0.6 is 11.3 Å². The van der Waals surface area contributed by atoms with Gasteiger partial charge in [0.2, 0.25) is 0 Å². The third-order valence-electron chi connectivity index (χ3n) is 1.40. The van der Waals surface area contributed by atoms with Gasteiger partial charge in [0.15, 0.2) is 0 Å². The van der Waals surface area contributed by atoms with Gasteiger partial charge in [-0.15, -0.1) is 11.3 Å². The molecule has 0 aliphatic carbocycles.